The average molecular weight is 264 g/mol. The van der Waals surface area contributed by atoms with Gasteiger partial charge in [0.2, 0.25) is 0 Å². The van der Waals surface area contributed by atoms with E-state index in [1.54, 1.807) is 18.5 Å². The lowest BCUT2D eigenvalue weighted by atomic mass is 10.0. The minimum Gasteiger partial charge on any atom is -0.398 e. The fraction of sp³-hybridized carbons (Fsp3) is 0. The van der Waals surface area contributed by atoms with E-state index in [1.807, 2.05) is 30.3 Å². The maximum atomic E-state index is 11.6. The molecule has 0 fully saturated rings. The molecule has 2 heterocycles. The van der Waals surface area contributed by atoms with Crippen LogP contribution in [0.15, 0.2) is 48.8 Å². The Bertz CT molecular complexity index is 814. The molecular weight excluding hydrogens is 252 g/mol. The van der Waals surface area contributed by atoms with E-state index in [0.717, 1.165) is 10.9 Å². The van der Waals surface area contributed by atoms with Crippen LogP contribution in [-0.2, 0) is 0 Å². The predicted octanol–water partition coefficient (Wildman–Crippen LogP) is 1.98. The molecule has 98 valence electrons. The quantitative estimate of drug-likeness (QED) is 0.739. The van der Waals surface area contributed by atoms with E-state index in [9.17, 15) is 4.79 Å². The summed E-state index contributed by atoms with van der Waals surface area (Å²) in [6.07, 6.45) is 3.21. The van der Waals surface area contributed by atoms with Gasteiger partial charge in [0.15, 0.2) is 0 Å². The third-order valence-electron chi connectivity index (χ3n) is 3.09. The van der Waals surface area contributed by atoms with Gasteiger partial charge in [-0.15, -0.1) is 0 Å². The van der Waals surface area contributed by atoms with Crippen LogP contribution in [0.2, 0.25) is 0 Å². The Morgan fingerprint density at radius 3 is 2.70 bits per heavy atom. The molecule has 3 aromatic rings. The maximum absolute atomic E-state index is 11.6. The molecule has 5 heteroatoms. The molecule has 0 saturated heterocycles. The lowest BCUT2D eigenvalue weighted by Gasteiger charge is -2.09. The van der Waals surface area contributed by atoms with E-state index < -0.39 is 5.91 Å². The Kier molecular flexibility index (Phi) is 2.80. The second-order valence-corrected chi connectivity index (χ2v) is 4.40. The Morgan fingerprint density at radius 2 is 1.90 bits per heavy atom. The molecule has 2 aromatic heterocycles. The van der Waals surface area contributed by atoms with Crippen LogP contribution >= 0.6 is 0 Å². The number of primary amides is 1. The molecule has 0 saturated carbocycles. The Balaban J connectivity index is 2.25. The summed E-state index contributed by atoms with van der Waals surface area (Å²) in [6.45, 7) is 0. The normalized spacial score (nSPS) is 10.6. The fourth-order valence-corrected chi connectivity index (χ4v) is 2.16. The third kappa shape index (κ3) is 1.95. The smallest absolute Gasteiger partial charge is 0.253 e. The second-order valence-electron chi connectivity index (χ2n) is 4.40. The Morgan fingerprint density at radius 1 is 1.10 bits per heavy atom. The van der Waals surface area contributed by atoms with E-state index in [0.29, 0.717) is 16.9 Å². The van der Waals surface area contributed by atoms with Crippen LogP contribution in [0.25, 0.3) is 22.2 Å². The van der Waals surface area contributed by atoms with Gasteiger partial charge in [-0.05, 0) is 18.2 Å². The van der Waals surface area contributed by atoms with Crippen molar-refractivity contribution in [1.82, 2.24) is 9.97 Å². The molecule has 1 amide bonds. The number of para-hydroxylation sites is 1. The standard InChI is InChI=1S/C15H12N4O/c16-11-5-6-18-14(13(11)15(17)20)10-7-9-3-1-2-4-12(9)19-8-10/h1-8H,(H2,16,18)(H2,17,20). The largest absolute Gasteiger partial charge is 0.398 e. The summed E-state index contributed by atoms with van der Waals surface area (Å²) in [6, 6.07) is 11.2. The van der Waals surface area contributed by atoms with Crippen molar-refractivity contribution in [1.29, 1.82) is 0 Å². The third-order valence-corrected chi connectivity index (χ3v) is 3.09. The van der Waals surface area contributed by atoms with Gasteiger partial charge in [-0.1, -0.05) is 18.2 Å². The predicted molar refractivity (Wildman–Crippen MR) is 77.9 cm³/mol. The monoisotopic (exact) mass is 264 g/mol. The zero-order valence-corrected chi connectivity index (χ0v) is 10.6. The summed E-state index contributed by atoms with van der Waals surface area (Å²) in [5, 5.41) is 0.963. The minimum atomic E-state index is -0.598. The lowest BCUT2D eigenvalue weighted by Crippen LogP contribution is -2.15. The molecule has 0 radical (unpaired) electrons. The van der Waals surface area contributed by atoms with Crippen molar-refractivity contribution in [3.8, 4) is 11.3 Å². The molecule has 20 heavy (non-hydrogen) atoms. The molecule has 0 aliphatic heterocycles. The first-order valence-electron chi connectivity index (χ1n) is 6.06. The lowest BCUT2D eigenvalue weighted by molar-refractivity contribution is 0.100. The number of fused-ring (bicyclic) bond motifs is 1. The number of nitrogens with zero attached hydrogens (tertiary/aromatic N) is 2. The molecule has 5 nitrogen and oxygen atoms in total. The highest BCUT2D eigenvalue weighted by molar-refractivity contribution is 6.04. The summed E-state index contributed by atoms with van der Waals surface area (Å²) < 4.78 is 0. The number of benzene rings is 1. The number of hydrogen-bond donors (Lipinski definition) is 2. The first-order chi connectivity index (χ1) is 9.66. The van der Waals surface area contributed by atoms with Crippen molar-refractivity contribution in [2.24, 2.45) is 5.73 Å². The zero-order chi connectivity index (χ0) is 14.1. The summed E-state index contributed by atoms with van der Waals surface area (Å²) in [5.74, 6) is -0.598. The number of aromatic nitrogens is 2. The fourth-order valence-electron chi connectivity index (χ4n) is 2.16. The summed E-state index contributed by atoms with van der Waals surface area (Å²) in [4.78, 5) is 20.1. The molecular formula is C15H12N4O. The van der Waals surface area contributed by atoms with Gasteiger partial charge in [-0.25, -0.2) is 0 Å². The maximum Gasteiger partial charge on any atom is 0.253 e. The molecule has 0 bridgehead atoms. The van der Waals surface area contributed by atoms with Gasteiger partial charge < -0.3 is 11.5 Å². The Labute approximate surface area is 115 Å². The molecule has 0 aliphatic rings. The second kappa shape index (κ2) is 4.62. The number of amides is 1. The molecule has 3 rings (SSSR count). The highest BCUT2D eigenvalue weighted by Crippen LogP contribution is 2.26. The number of hydrogen-bond acceptors (Lipinski definition) is 4. The number of nitrogen functional groups attached to an aromatic ring is 1. The van der Waals surface area contributed by atoms with Gasteiger partial charge >= 0.3 is 0 Å². The Hall–Kier alpha value is -2.95. The van der Waals surface area contributed by atoms with E-state index in [-0.39, 0.29) is 5.56 Å². The van der Waals surface area contributed by atoms with E-state index >= 15 is 0 Å². The highest BCUT2D eigenvalue weighted by atomic mass is 16.1. The molecule has 4 N–H and O–H groups in total. The van der Waals surface area contributed by atoms with E-state index in [2.05, 4.69) is 9.97 Å². The number of nitrogens with two attached hydrogens (primary N) is 2. The van der Waals surface area contributed by atoms with Crippen LogP contribution in [0.1, 0.15) is 10.4 Å². The SMILES string of the molecule is NC(=O)c1c(N)ccnc1-c1cnc2ccccc2c1. The van der Waals surface area contributed by atoms with Gasteiger partial charge in [-0.3, -0.25) is 14.8 Å². The van der Waals surface area contributed by atoms with Gasteiger partial charge in [0.05, 0.1) is 16.8 Å². The van der Waals surface area contributed by atoms with E-state index in [1.165, 1.54) is 0 Å². The van der Waals surface area contributed by atoms with Crippen LogP contribution in [0.4, 0.5) is 5.69 Å². The van der Waals surface area contributed by atoms with Crippen molar-refractivity contribution in [3.05, 3.63) is 54.4 Å². The average Bonchev–Trinajstić information content (AvgIpc) is 2.46. The van der Waals surface area contributed by atoms with Crippen LogP contribution in [-0.4, -0.2) is 15.9 Å². The topological polar surface area (TPSA) is 94.9 Å². The number of carbonyl (C=O) groups is 1. The van der Waals surface area contributed by atoms with Crippen LogP contribution in [0.3, 0.4) is 0 Å². The summed E-state index contributed by atoms with van der Waals surface area (Å²) in [7, 11) is 0. The summed E-state index contributed by atoms with van der Waals surface area (Å²) in [5.41, 5.74) is 13.8. The van der Waals surface area contributed by atoms with Crippen molar-refractivity contribution in [2.45, 2.75) is 0 Å². The number of anilines is 1. The van der Waals surface area contributed by atoms with Gasteiger partial charge in [0.1, 0.15) is 0 Å². The van der Waals surface area contributed by atoms with Gasteiger partial charge in [-0.2, -0.15) is 0 Å². The van der Waals surface area contributed by atoms with Crippen LogP contribution in [0, 0.1) is 0 Å². The molecule has 0 spiro atoms. The zero-order valence-electron chi connectivity index (χ0n) is 10.6. The van der Waals surface area contributed by atoms with Crippen molar-refractivity contribution < 1.29 is 4.79 Å². The van der Waals surface area contributed by atoms with Gasteiger partial charge in [0.25, 0.3) is 5.91 Å². The molecule has 0 aliphatic carbocycles. The van der Waals surface area contributed by atoms with Crippen molar-refractivity contribution in [2.75, 3.05) is 5.73 Å². The van der Waals surface area contributed by atoms with Crippen molar-refractivity contribution >= 4 is 22.5 Å². The molecule has 1 aromatic carbocycles. The molecule has 0 unspecified atom stereocenters. The van der Waals surface area contributed by atoms with Crippen LogP contribution < -0.4 is 11.5 Å². The minimum absolute atomic E-state index is 0.226. The molecule has 0 atom stereocenters. The number of pyridine rings is 2. The van der Waals surface area contributed by atoms with Crippen LogP contribution in [0.5, 0.6) is 0 Å². The highest BCUT2D eigenvalue weighted by Gasteiger charge is 2.15. The van der Waals surface area contributed by atoms with E-state index in [4.69, 9.17) is 11.5 Å². The summed E-state index contributed by atoms with van der Waals surface area (Å²) >= 11 is 0. The number of rotatable bonds is 2. The number of carbonyl (C=O) groups excluding carboxylic acids is 1. The first-order valence-corrected chi connectivity index (χ1v) is 6.06. The van der Waals surface area contributed by atoms with Gasteiger partial charge in [0, 0.05) is 29.0 Å². The first kappa shape index (κ1) is 12.1. The van der Waals surface area contributed by atoms with Crippen molar-refractivity contribution in [3.63, 3.8) is 0 Å².